The van der Waals surface area contributed by atoms with Crippen LogP contribution in [0.25, 0.3) is 0 Å². The van der Waals surface area contributed by atoms with Gasteiger partial charge in [-0.15, -0.1) is 0 Å². The van der Waals surface area contributed by atoms with Gasteiger partial charge in [0, 0.05) is 15.2 Å². The lowest BCUT2D eigenvalue weighted by molar-refractivity contribution is 0.508. The van der Waals surface area contributed by atoms with Gasteiger partial charge < -0.3 is 4.43 Å². The molecular formula is C12H17FIOSi. The minimum atomic E-state index is -0.872. The highest BCUT2D eigenvalue weighted by atomic mass is 127. The highest BCUT2D eigenvalue weighted by molar-refractivity contribution is 14.1. The van der Waals surface area contributed by atoms with Crippen molar-refractivity contribution >= 4 is 31.6 Å². The smallest absolute Gasteiger partial charge is 0.274 e. The van der Waals surface area contributed by atoms with Gasteiger partial charge in [-0.1, -0.05) is 20.8 Å². The second-order valence-electron chi connectivity index (χ2n) is 5.02. The third-order valence-electron chi connectivity index (χ3n) is 2.08. The van der Waals surface area contributed by atoms with E-state index in [1.165, 1.54) is 6.07 Å². The molecule has 0 spiro atoms. The first-order chi connectivity index (χ1) is 7.21. The largest absolute Gasteiger partial charge is 0.542 e. The van der Waals surface area contributed by atoms with Gasteiger partial charge >= 0.3 is 0 Å². The van der Waals surface area contributed by atoms with Crippen molar-refractivity contribution in [3.8, 4) is 5.75 Å². The van der Waals surface area contributed by atoms with E-state index in [1.807, 2.05) is 0 Å². The summed E-state index contributed by atoms with van der Waals surface area (Å²) < 4.78 is 20.1. The molecule has 0 aliphatic carbocycles. The fraction of sp³-hybridized carbons (Fsp3) is 0.500. The van der Waals surface area contributed by atoms with Crippen LogP contribution in [0, 0.1) is 9.39 Å². The molecule has 0 atom stereocenters. The summed E-state index contributed by atoms with van der Waals surface area (Å²) in [5, 5.41) is 0. The third-order valence-corrected chi connectivity index (χ3v) is 3.56. The maximum absolute atomic E-state index is 13.4. The van der Waals surface area contributed by atoms with Crippen LogP contribution < -0.4 is 4.43 Å². The minimum absolute atomic E-state index is 0.0309. The molecule has 0 amide bonds. The Hall–Kier alpha value is -0.103. The molecule has 0 heterocycles. The van der Waals surface area contributed by atoms with Gasteiger partial charge in [0.15, 0.2) is 0 Å². The maximum Gasteiger partial charge on any atom is 0.274 e. The zero-order valence-electron chi connectivity index (χ0n) is 10.3. The average molecular weight is 351 g/mol. The Morgan fingerprint density at radius 2 is 1.81 bits per heavy atom. The third kappa shape index (κ3) is 3.45. The van der Waals surface area contributed by atoms with Crippen LogP contribution in [0.5, 0.6) is 5.75 Å². The Balaban J connectivity index is 3.33. The molecule has 0 bridgehead atoms. The van der Waals surface area contributed by atoms with Crippen LogP contribution >= 0.6 is 22.6 Å². The van der Waals surface area contributed by atoms with Crippen molar-refractivity contribution in [2.45, 2.75) is 39.3 Å². The number of hydrogen-bond acceptors (Lipinski definition) is 1. The highest BCUT2D eigenvalue weighted by Crippen LogP contribution is 2.36. The van der Waals surface area contributed by atoms with Crippen LogP contribution in [0.15, 0.2) is 12.1 Å². The van der Waals surface area contributed by atoms with Crippen LogP contribution in [-0.4, -0.2) is 9.04 Å². The molecule has 0 aliphatic rings. The van der Waals surface area contributed by atoms with Crippen molar-refractivity contribution < 1.29 is 8.82 Å². The van der Waals surface area contributed by atoms with Crippen molar-refractivity contribution in [1.82, 2.24) is 0 Å². The summed E-state index contributed by atoms with van der Waals surface area (Å²) in [6, 6.07) is 3.06. The first kappa shape index (κ1) is 14.0. The fourth-order valence-electron chi connectivity index (χ4n) is 1.58. The molecular weight excluding hydrogens is 334 g/mol. The second-order valence-corrected chi connectivity index (χ2v) is 8.20. The Morgan fingerprint density at radius 3 is 2.25 bits per heavy atom. The van der Waals surface area contributed by atoms with Crippen LogP contribution in [0.4, 0.5) is 4.39 Å². The Bertz CT molecular complexity index is 385. The van der Waals surface area contributed by atoms with E-state index in [9.17, 15) is 4.39 Å². The predicted molar refractivity (Wildman–Crippen MR) is 75.9 cm³/mol. The van der Waals surface area contributed by atoms with Gasteiger partial charge in [-0.25, -0.2) is 4.39 Å². The molecule has 1 radical (unpaired) electrons. The Kier molecular flexibility index (Phi) is 4.40. The fourth-order valence-corrected chi connectivity index (χ4v) is 3.55. The van der Waals surface area contributed by atoms with Crippen molar-refractivity contribution in [3.05, 3.63) is 27.1 Å². The molecule has 16 heavy (non-hydrogen) atoms. The summed E-state index contributed by atoms with van der Waals surface area (Å²) >= 11 is 2.17. The molecule has 1 nitrogen and oxygen atoms in total. The summed E-state index contributed by atoms with van der Waals surface area (Å²) in [5.74, 6) is 0.478. The zero-order valence-corrected chi connectivity index (χ0v) is 13.5. The van der Waals surface area contributed by atoms with Gasteiger partial charge in [0.25, 0.3) is 9.04 Å². The van der Waals surface area contributed by atoms with Crippen molar-refractivity contribution in [2.24, 2.45) is 0 Å². The first-order valence-corrected chi connectivity index (χ1v) is 8.68. The Labute approximate surface area is 112 Å². The standard InChI is InChI=1S/C12H17FIOSi/c1-12(2,3)11-9(14)6-8(13)7-10(11)15-16(4)5/h6-7H,1-5H3. The van der Waals surface area contributed by atoms with Gasteiger partial charge in [-0.05, 0) is 47.2 Å². The van der Waals surface area contributed by atoms with E-state index in [0.717, 1.165) is 9.13 Å². The van der Waals surface area contributed by atoms with Gasteiger partial charge in [0.05, 0.1) is 0 Å². The van der Waals surface area contributed by atoms with E-state index in [0.29, 0.717) is 5.75 Å². The van der Waals surface area contributed by atoms with E-state index in [4.69, 9.17) is 4.43 Å². The number of rotatable bonds is 2. The van der Waals surface area contributed by atoms with E-state index in [2.05, 4.69) is 56.5 Å². The summed E-state index contributed by atoms with van der Waals surface area (Å²) in [6.45, 7) is 10.5. The zero-order chi connectivity index (χ0) is 12.5. The molecule has 89 valence electrons. The summed E-state index contributed by atoms with van der Waals surface area (Å²) in [5.41, 5.74) is 1.07. The first-order valence-electron chi connectivity index (χ1n) is 5.19. The van der Waals surface area contributed by atoms with Crippen molar-refractivity contribution in [1.29, 1.82) is 0 Å². The molecule has 0 N–H and O–H groups in total. The monoisotopic (exact) mass is 351 g/mol. The minimum Gasteiger partial charge on any atom is -0.542 e. The van der Waals surface area contributed by atoms with Gasteiger partial charge in [0.1, 0.15) is 11.6 Å². The van der Waals surface area contributed by atoms with E-state index < -0.39 is 9.04 Å². The SMILES string of the molecule is C[Si](C)Oc1cc(F)cc(I)c1C(C)(C)C. The van der Waals surface area contributed by atoms with E-state index in [-0.39, 0.29) is 11.2 Å². The van der Waals surface area contributed by atoms with Crippen LogP contribution in [0.1, 0.15) is 26.3 Å². The molecule has 0 saturated carbocycles. The summed E-state index contributed by atoms with van der Waals surface area (Å²) in [4.78, 5) is 0. The molecule has 1 aromatic rings. The van der Waals surface area contributed by atoms with Gasteiger partial charge in [0.2, 0.25) is 0 Å². The lowest BCUT2D eigenvalue weighted by atomic mass is 9.86. The number of hydrogen-bond donors (Lipinski definition) is 0. The molecule has 0 fully saturated rings. The predicted octanol–water partition coefficient (Wildman–Crippen LogP) is 4.36. The van der Waals surface area contributed by atoms with Gasteiger partial charge in [-0.3, -0.25) is 0 Å². The topological polar surface area (TPSA) is 9.23 Å². The van der Waals surface area contributed by atoms with Crippen molar-refractivity contribution in [3.63, 3.8) is 0 Å². The average Bonchev–Trinajstić information content (AvgIpc) is 1.96. The quantitative estimate of drug-likeness (QED) is 0.568. The number of benzene rings is 1. The molecule has 0 saturated heterocycles. The maximum atomic E-state index is 13.4. The van der Waals surface area contributed by atoms with Crippen molar-refractivity contribution in [2.75, 3.05) is 0 Å². The lowest BCUT2D eigenvalue weighted by Crippen LogP contribution is -2.19. The lowest BCUT2D eigenvalue weighted by Gasteiger charge is -2.25. The molecule has 0 aliphatic heterocycles. The van der Waals surface area contributed by atoms with Crippen LogP contribution in [-0.2, 0) is 5.41 Å². The summed E-state index contributed by atoms with van der Waals surface area (Å²) in [7, 11) is -0.872. The molecule has 0 aromatic heterocycles. The number of halogens is 2. The molecule has 4 heteroatoms. The summed E-state index contributed by atoms with van der Waals surface area (Å²) in [6.07, 6.45) is 0. The van der Waals surface area contributed by atoms with E-state index >= 15 is 0 Å². The molecule has 1 rings (SSSR count). The van der Waals surface area contributed by atoms with Gasteiger partial charge in [-0.2, -0.15) is 0 Å². The van der Waals surface area contributed by atoms with Crippen LogP contribution in [0.2, 0.25) is 13.1 Å². The molecule has 1 aromatic carbocycles. The van der Waals surface area contributed by atoms with E-state index in [1.54, 1.807) is 6.07 Å². The Morgan fingerprint density at radius 1 is 1.25 bits per heavy atom. The normalized spacial score (nSPS) is 12.0. The van der Waals surface area contributed by atoms with Crippen LogP contribution in [0.3, 0.4) is 0 Å². The highest BCUT2D eigenvalue weighted by Gasteiger charge is 2.23. The molecule has 0 unspecified atom stereocenters. The second kappa shape index (κ2) is 5.04.